The van der Waals surface area contributed by atoms with Crippen molar-refractivity contribution in [2.75, 3.05) is 40.9 Å². The Kier molecular flexibility index (Phi) is 10.5. The lowest BCUT2D eigenvalue weighted by Crippen LogP contribution is -2.43. The van der Waals surface area contributed by atoms with E-state index >= 15 is 0 Å². The van der Waals surface area contributed by atoms with E-state index in [4.69, 9.17) is 4.74 Å². The van der Waals surface area contributed by atoms with E-state index in [9.17, 15) is 4.79 Å². The van der Waals surface area contributed by atoms with Crippen molar-refractivity contribution in [2.24, 2.45) is 12.0 Å². The third kappa shape index (κ3) is 7.59. The Balaban J connectivity index is 0.00000441. The molecule has 0 bridgehead atoms. The Morgan fingerprint density at radius 3 is 2.73 bits per heavy atom. The minimum Gasteiger partial charge on any atom is -0.383 e. The number of methoxy groups -OCH3 is 1. The maximum Gasteiger partial charge on any atom is 0.241 e. The topological polar surface area (TPSA) is 83.8 Å². The van der Waals surface area contributed by atoms with Crippen molar-refractivity contribution < 1.29 is 9.53 Å². The summed E-state index contributed by atoms with van der Waals surface area (Å²) >= 11 is 0. The van der Waals surface area contributed by atoms with Gasteiger partial charge in [-0.2, -0.15) is 5.10 Å². The van der Waals surface area contributed by atoms with Gasteiger partial charge < -0.3 is 20.3 Å². The molecule has 126 valence electrons. The lowest BCUT2D eigenvalue weighted by molar-refractivity contribution is -0.127. The zero-order valence-corrected chi connectivity index (χ0v) is 15.8. The van der Waals surface area contributed by atoms with Gasteiger partial charge >= 0.3 is 0 Å². The first-order valence-electron chi connectivity index (χ1n) is 6.72. The van der Waals surface area contributed by atoms with Gasteiger partial charge in [-0.3, -0.25) is 9.48 Å². The maximum absolute atomic E-state index is 11.6. The monoisotopic (exact) mass is 424 g/mol. The molecule has 2 N–H and O–H groups in total. The van der Waals surface area contributed by atoms with E-state index in [1.165, 1.54) is 4.90 Å². The molecule has 1 heterocycles. The van der Waals surface area contributed by atoms with Crippen molar-refractivity contribution >= 4 is 35.8 Å². The summed E-state index contributed by atoms with van der Waals surface area (Å²) in [4.78, 5) is 17.6. The number of carbonyl (C=O) groups is 1. The Hall–Kier alpha value is -1.36. The van der Waals surface area contributed by atoms with Crippen molar-refractivity contribution in [1.82, 2.24) is 25.3 Å². The Morgan fingerprint density at radius 1 is 1.45 bits per heavy atom. The Labute approximate surface area is 148 Å². The highest BCUT2D eigenvalue weighted by molar-refractivity contribution is 14.0. The molecule has 9 heteroatoms. The first kappa shape index (κ1) is 20.6. The van der Waals surface area contributed by atoms with Crippen LogP contribution in [0.4, 0.5) is 0 Å². The van der Waals surface area contributed by atoms with Crippen LogP contribution in [-0.4, -0.2) is 67.4 Å². The zero-order chi connectivity index (χ0) is 15.7. The number of rotatable bonds is 7. The number of carbonyl (C=O) groups excluding carboxylic acids is 1. The molecule has 1 aromatic heterocycles. The normalized spacial score (nSPS) is 10.8. The van der Waals surface area contributed by atoms with Crippen LogP contribution in [0.5, 0.6) is 0 Å². The van der Waals surface area contributed by atoms with E-state index in [-0.39, 0.29) is 36.4 Å². The molecule has 0 aliphatic heterocycles. The summed E-state index contributed by atoms with van der Waals surface area (Å²) in [5.74, 6) is 0.556. The van der Waals surface area contributed by atoms with Crippen molar-refractivity contribution in [3.63, 3.8) is 0 Å². The fourth-order valence-corrected chi connectivity index (χ4v) is 1.48. The van der Waals surface area contributed by atoms with Crippen LogP contribution in [0.15, 0.2) is 17.3 Å². The van der Waals surface area contributed by atoms with Crippen LogP contribution in [0.3, 0.4) is 0 Å². The van der Waals surface area contributed by atoms with Gasteiger partial charge in [-0.1, -0.05) is 0 Å². The van der Waals surface area contributed by atoms with E-state index in [1.54, 1.807) is 32.1 Å². The van der Waals surface area contributed by atoms with Crippen LogP contribution in [0.2, 0.25) is 0 Å². The highest BCUT2D eigenvalue weighted by Gasteiger charge is 2.06. The van der Waals surface area contributed by atoms with Gasteiger partial charge in [0.1, 0.15) is 0 Å². The molecule has 1 rings (SSSR count). The Bertz CT molecular complexity index is 475. The largest absolute Gasteiger partial charge is 0.383 e. The van der Waals surface area contributed by atoms with Crippen LogP contribution in [0, 0.1) is 0 Å². The second-order valence-corrected chi connectivity index (χ2v) is 4.67. The third-order valence-electron chi connectivity index (χ3n) is 2.83. The van der Waals surface area contributed by atoms with Gasteiger partial charge in [-0.15, -0.1) is 24.0 Å². The molecule has 1 aromatic rings. The van der Waals surface area contributed by atoms with Crippen LogP contribution in [-0.2, 0) is 23.1 Å². The average molecular weight is 424 g/mol. The minimum atomic E-state index is -0.0169. The first-order chi connectivity index (χ1) is 10.0. The van der Waals surface area contributed by atoms with Crippen LogP contribution in [0.25, 0.3) is 0 Å². The van der Waals surface area contributed by atoms with Gasteiger partial charge in [0, 0.05) is 41.0 Å². The van der Waals surface area contributed by atoms with Crippen LogP contribution < -0.4 is 10.6 Å². The molecule has 8 nitrogen and oxygen atoms in total. The number of aliphatic imine (C=N–C) groups is 1. The number of likely N-dealkylation sites (N-methyl/N-ethyl adjacent to an activating group) is 1. The predicted octanol–water partition coefficient (Wildman–Crippen LogP) is -0.192. The number of nitrogens with zero attached hydrogens (tertiary/aromatic N) is 4. The van der Waals surface area contributed by atoms with Crippen molar-refractivity contribution in [3.05, 3.63) is 18.0 Å². The van der Waals surface area contributed by atoms with E-state index in [2.05, 4.69) is 20.7 Å². The second-order valence-electron chi connectivity index (χ2n) is 4.67. The lowest BCUT2D eigenvalue weighted by atomic mass is 10.4. The van der Waals surface area contributed by atoms with Gasteiger partial charge in [-0.05, 0) is 6.07 Å². The van der Waals surface area contributed by atoms with E-state index in [0.717, 1.165) is 5.69 Å². The smallest absolute Gasteiger partial charge is 0.241 e. The van der Waals surface area contributed by atoms with Gasteiger partial charge in [0.15, 0.2) is 5.96 Å². The third-order valence-corrected chi connectivity index (χ3v) is 2.83. The number of aromatic nitrogens is 2. The molecule has 0 saturated carbocycles. The minimum absolute atomic E-state index is 0. The van der Waals surface area contributed by atoms with E-state index in [1.807, 2.05) is 13.1 Å². The summed E-state index contributed by atoms with van der Waals surface area (Å²) in [6.07, 6.45) is 1.73. The quantitative estimate of drug-likeness (QED) is 0.275. The van der Waals surface area contributed by atoms with Gasteiger partial charge in [0.05, 0.1) is 25.4 Å². The number of guanidine groups is 1. The number of aryl methyl sites for hydroxylation is 1. The fraction of sp³-hybridized carbons (Fsp3) is 0.615. The molecule has 0 aromatic carbocycles. The zero-order valence-electron chi connectivity index (χ0n) is 13.5. The summed E-state index contributed by atoms with van der Waals surface area (Å²) in [5.41, 5.74) is 0.988. The molecular weight excluding hydrogens is 399 g/mol. The number of halogens is 1. The summed E-state index contributed by atoms with van der Waals surface area (Å²) < 4.78 is 6.76. The lowest BCUT2D eigenvalue weighted by Gasteiger charge is -2.14. The molecule has 22 heavy (non-hydrogen) atoms. The van der Waals surface area contributed by atoms with Crippen molar-refractivity contribution in [2.45, 2.75) is 6.54 Å². The molecular formula is C13H25IN6O2. The van der Waals surface area contributed by atoms with Crippen LogP contribution in [0.1, 0.15) is 5.69 Å². The maximum atomic E-state index is 11.6. The van der Waals surface area contributed by atoms with Crippen LogP contribution >= 0.6 is 24.0 Å². The number of nitrogens with one attached hydrogen (secondary N) is 2. The molecule has 0 fully saturated rings. The summed E-state index contributed by atoms with van der Waals surface area (Å²) in [7, 11) is 6.94. The summed E-state index contributed by atoms with van der Waals surface area (Å²) in [6, 6.07) is 1.90. The summed E-state index contributed by atoms with van der Waals surface area (Å²) in [6.45, 7) is 1.85. The Morgan fingerprint density at radius 2 is 2.18 bits per heavy atom. The van der Waals surface area contributed by atoms with E-state index < -0.39 is 0 Å². The molecule has 0 saturated heterocycles. The number of amides is 1. The molecule has 0 spiro atoms. The standard InChI is InChI=1S/C13H24N6O2.HI/c1-18(2)12(20)10-16-13(14-7-8-21-4)15-9-11-5-6-17-19(11)3;/h5-6H,7-10H2,1-4H3,(H2,14,15,16);1H. The molecule has 0 aliphatic rings. The number of ether oxygens (including phenoxy) is 1. The second kappa shape index (κ2) is 11.2. The number of hydrogen-bond donors (Lipinski definition) is 2. The first-order valence-corrected chi connectivity index (χ1v) is 6.72. The number of hydrogen-bond acceptors (Lipinski definition) is 4. The van der Waals surface area contributed by atoms with Gasteiger partial charge in [-0.25, -0.2) is 4.99 Å². The fourth-order valence-electron chi connectivity index (χ4n) is 1.48. The van der Waals surface area contributed by atoms with E-state index in [0.29, 0.717) is 25.7 Å². The van der Waals surface area contributed by atoms with Crippen molar-refractivity contribution in [1.29, 1.82) is 0 Å². The molecule has 0 aliphatic carbocycles. The molecule has 0 radical (unpaired) electrons. The van der Waals surface area contributed by atoms with Gasteiger partial charge in [0.2, 0.25) is 5.91 Å². The predicted molar refractivity (Wildman–Crippen MR) is 96.3 cm³/mol. The highest BCUT2D eigenvalue weighted by atomic mass is 127. The molecule has 1 amide bonds. The average Bonchev–Trinajstić information content (AvgIpc) is 2.86. The molecule has 0 unspecified atom stereocenters. The summed E-state index contributed by atoms with van der Waals surface area (Å²) in [5, 5.41) is 10.2. The van der Waals surface area contributed by atoms with Gasteiger partial charge in [0.25, 0.3) is 0 Å². The molecule has 0 atom stereocenters. The van der Waals surface area contributed by atoms with Crippen molar-refractivity contribution in [3.8, 4) is 0 Å². The highest BCUT2D eigenvalue weighted by Crippen LogP contribution is 1.97. The SMILES string of the molecule is COCCNC(=NCc1ccnn1C)NCC(=O)N(C)C.I.